The van der Waals surface area contributed by atoms with E-state index in [0.29, 0.717) is 5.92 Å². The van der Waals surface area contributed by atoms with Crippen LogP contribution in [0, 0.1) is 0 Å². The van der Waals surface area contributed by atoms with Crippen molar-refractivity contribution in [2.45, 2.75) is 25.1 Å². The molecule has 0 amide bonds. The molecule has 2 aromatic carbocycles. The van der Waals surface area contributed by atoms with E-state index >= 15 is 0 Å². The maximum absolute atomic E-state index is 5.52. The third kappa shape index (κ3) is 6.29. The molecule has 24 heavy (non-hydrogen) atoms. The van der Waals surface area contributed by atoms with Gasteiger partial charge in [0.25, 0.3) is 0 Å². The number of aromatic nitrogens is 2. The van der Waals surface area contributed by atoms with Gasteiger partial charge in [-0.2, -0.15) is 0 Å². The Labute approximate surface area is 146 Å². The van der Waals surface area contributed by atoms with Crippen molar-refractivity contribution in [1.29, 1.82) is 0 Å². The molecule has 0 fully saturated rings. The van der Waals surface area contributed by atoms with Crippen molar-refractivity contribution in [2.24, 2.45) is 0 Å². The molecule has 0 bridgehead atoms. The smallest absolute Gasteiger partial charge is 0.0919 e. The molecule has 1 N–H and O–H groups in total. The second-order valence-electron chi connectivity index (χ2n) is 5.42. The van der Waals surface area contributed by atoms with Crippen LogP contribution in [0.4, 0.5) is 0 Å². The van der Waals surface area contributed by atoms with Gasteiger partial charge in [-0.15, -0.1) is 0 Å². The standard InChI is InChI=1S/C18H19B.C3H4N2/c19-15-9-3-8-14-18(16-10-4-1-5-11-16)17-12-6-2-7-13-17;1-2-5-3-4-1/h1-8,10-13,18H,9,14-15H2;1-3H,(H,4,5). The predicted molar refractivity (Wildman–Crippen MR) is 102 cm³/mol. The average Bonchev–Trinajstić information content (AvgIpc) is 3.23. The summed E-state index contributed by atoms with van der Waals surface area (Å²) in [6.07, 6.45) is 12.2. The van der Waals surface area contributed by atoms with E-state index in [1.807, 2.05) is 0 Å². The van der Waals surface area contributed by atoms with E-state index in [1.54, 1.807) is 18.7 Å². The van der Waals surface area contributed by atoms with Crippen molar-refractivity contribution in [3.05, 3.63) is 103 Å². The zero-order valence-corrected chi connectivity index (χ0v) is 13.9. The second-order valence-corrected chi connectivity index (χ2v) is 5.42. The lowest BCUT2D eigenvalue weighted by Gasteiger charge is -2.16. The summed E-state index contributed by atoms with van der Waals surface area (Å²) in [5, 5.41) is 0. The van der Waals surface area contributed by atoms with Gasteiger partial charge in [0.15, 0.2) is 0 Å². The number of allylic oxidation sites excluding steroid dienone is 2. The van der Waals surface area contributed by atoms with Gasteiger partial charge in [0.1, 0.15) is 0 Å². The molecule has 2 radical (unpaired) electrons. The first-order valence-electron chi connectivity index (χ1n) is 8.29. The molecule has 3 rings (SSSR count). The zero-order valence-electron chi connectivity index (χ0n) is 13.9. The Bertz CT molecular complexity index is 607. The summed E-state index contributed by atoms with van der Waals surface area (Å²) in [5.74, 6) is 0.427. The molecule has 0 unspecified atom stereocenters. The Hall–Kier alpha value is -2.55. The molecule has 0 saturated heterocycles. The Morgan fingerprint density at radius 2 is 1.54 bits per heavy atom. The zero-order chi connectivity index (χ0) is 16.9. The molecule has 0 atom stereocenters. The van der Waals surface area contributed by atoms with Crippen LogP contribution in [0.15, 0.2) is 91.5 Å². The fourth-order valence-corrected chi connectivity index (χ4v) is 2.50. The van der Waals surface area contributed by atoms with E-state index in [1.165, 1.54) is 11.1 Å². The number of H-pyrrole nitrogens is 1. The van der Waals surface area contributed by atoms with Gasteiger partial charge in [-0.3, -0.25) is 0 Å². The van der Waals surface area contributed by atoms with Gasteiger partial charge in [0.05, 0.1) is 14.2 Å². The Morgan fingerprint density at radius 3 is 1.96 bits per heavy atom. The topological polar surface area (TPSA) is 28.7 Å². The van der Waals surface area contributed by atoms with Crippen LogP contribution in [-0.2, 0) is 0 Å². The molecule has 0 spiro atoms. The number of hydrogen-bond acceptors (Lipinski definition) is 1. The molecule has 2 nitrogen and oxygen atoms in total. The normalized spacial score (nSPS) is 10.5. The van der Waals surface area contributed by atoms with Gasteiger partial charge < -0.3 is 4.98 Å². The predicted octanol–water partition coefficient (Wildman–Crippen LogP) is 5.15. The largest absolute Gasteiger partial charge is 0.351 e. The summed E-state index contributed by atoms with van der Waals surface area (Å²) in [5.41, 5.74) is 2.73. The third-order valence-corrected chi connectivity index (χ3v) is 3.68. The molecule has 0 aliphatic heterocycles. The van der Waals surface area contributed by atoms with Crippen LogP contribution in [0.25, 0.3) is 0 Å². The van der Waals surface area contributed by atoms with E-state index < -0.39 is 0 Å². The van der Waals surface area contributed by atoms with Gasteiger partial charge >= 0.3 is 0 Å². The summed E-state index contributed by atoms with van der Waals surface area (Å²) in [4.78, 5) is 6.42. The Balaban J connectivity index is 0.000000355. The van der Waals surface area contributed by atoms with Crippen LogP contribution in [0.3, 0.4) is 0 Å². The van der Waals surface area contributed by atoms with Gasteiger partial charge in [0, 0.05) is 18.3 Å². The van der Waals surface area contributed by atoms with Crippen LogP contribution in [0.1, 0.15) is 29.9 Å². The average molecular weight is 314 g/mol. The minimum atomic E-state index is 0.427. The summed E-state index contributed by atoms with van der Waals surface area (Å²) < 4.78 is 0. The van der Waals surface area contributed by atoms with E-state index in [4.69, 9.17) is 7.85 Å². The Morgan fingerprint density at radius 1 is 0.917 bits per heavy atom. The van der Waals surface area contributed by atoms with Gasteiger partial charge in [-0.05, 0) is 24.0 Å². The first-order chi connectivity index (χ1) is 11.9. The van der Waals surface area contributed by atoms with Crippen LogP contribution >= 0.6 is 0 Å². The number of rotatable bonds is 6. The summed E-state index contributed by atoms with van der Waals surface area (Å²) in [7, 11) is 5.52. The lowest BCUT2D eigenvalue weighted by atomic mass is 9.88. The van der Waals surface area contributed by atoms with Crippen molar-refractivity contribution in [3.8, 4) is 0 Å². The van der Waals surface area contributed by atoms with Crippen molar-refractivity contribution < 1.29 is 0 Å². The number of nitrogens with one attached hydrogen (secondary N) is 1. The number of hydrogen-bond donors (Lipinski definition) is 1. The highest BCUT2D eigenvalue weighted by Gasteiger charge is 2.11. The molecule has 0 aliphatic rings. The number of benzene rings is 2. The fraction of sp³-hybridized carbons (Fsp3) is 0.190. The first-order valence-corrected chi connectivity index (χ1v) is 8.29. The summed E-state index contributed by atoms with van der Waals surface area (Å²) in [6.45, 7) is 0. The van der Waals surface area contributed by atoms with Gasteiger partial charge in [0.2, 0.25) is 0 Å². The first kappa shape index (κ1) is 17.8. The Kier molecular flexibility index (Phi) is 8.21. The maximum atomic E-state index is 5.52. The maximum Gasteiger partial charge on any atom is 0.0919 e. The minimum absolute atomic E-state index is 0.427. The van der Waals surface area contributed by atoms with Crippen LogP contribution < -0.4 is 0 Å². The van der Waals surface area contributed by atoms with E-state index in [-0.39, 0.29) is 0 Å². The molecule has 1 aromatic heterocycles. The van der Waals surface area contributed by atoms with Crippen LogP contribution in [0.5, 0.6) is 0 Å². The highest BCUT2D eigenvalue weighted by molar-refractivity contribution is 6.08. The van der Waals surface area contributed by atoms with E-state index in [0.717, 1.165) is 19.2 Å². The summed E-state index contributed by atoms with van der Waals surface area (Å²) >= 11 is 0. The van der Waals surface area contributed by atoms with Crippen LogP contribution in [-0.4, -0.2) is 17.8 Å². The summed E-state index contributed by atoms with van der Waals surface area (Å²) in [6, 6.07) is 21.4. The van der Waals surface area contributed by atoms with Crippen molar-refractivity contribution >= 4 is 7.85 Å². The molecule has 1 heterocycles. The fourth-order valence-electron chi connectivity index (χ4n) is 2.50. The molecule has 0 aliphatic carbocycles. The van der Waals surface area contributed by atoms with Crippen molar-refractivity contribution in [1.82, 2.24) is 9.97 Å². The number of imidazole rings is 1. The van der Waals surface area contributed by atoms with Crippen molar-refractivity contribution in [3.63, 3.8) is 0 Å². The molecular formula is C21H23BN2. The molecular weight excluding hydrogens is 291 g/mol. The molecule has 3 aromatic rings. The van der Waals surface area contributed by atoms with Gasteiger partial charge in [-0.25, -0.2) is 4.98 Å². The molecule has 0 saturated carbocycles. The monoisotopic (exact) mass is 314 g/mol. The van der Waals surface area contributed by atoms with Gasteiger partial charge in [-0.1, -0.05) is 79.1 Å². The van der Waals surface area contributed by atoms with E-state index in [2.05, 4.69) is 82.8 Å². The quantitative estimate of drug-likeness (QED) is 0.494. The molecule has 3 heteroatoms. The second kappa shape index (κ2) is 11.1. The lowest BCUT2D eigenvalue weighted by Crippen LogP contribution is -1.99. The highest BCUT2D eigenvalue weighted by atomic mass is 14.8. The number of nitrogens with zero attached hydrogens (tertiary/aromatic N) is 1. The van der Waals surface area contributed by atoms with Crippen molar-refractivity contribution in [2.75, 3.05) is 0 Å². The SMILES string of the molecule is [B]CCC=CCC(c1ccccc1)c1ccccc1.c1c[nH]cn1. The highest BCUT2D eigenvalue weighted by Crippen LogP contribution is 2.28. The minimum Gasteiger partial charge on any atom is -0.351 e. The third-order valence-electron chi connectivity index (χ3n) is 3.68. The van der Waals surface area contributed by atoms with Crippen LogP contribution in [0.2, 0.25) is 6.32 Å². The number of aromatic amines is 1. The van der Waals surface area contributed by atoms with E-state index in [9.17, 15) is 0 Å². The lowest BCUT2D eigenvalue weighted by molar-refractivity contribution is 0.827. The molecule has 120 valence electrons.